The lowest BCUT2D eigenvalue weighted by molar-refractivity contribution is 0.0879. The van der Waals surface area contributed by atoms with Gasteiger partial charge < -0.3 is 14.6 Å². The summed E-state index contributed by atoms with van der Waals surface area (Å²) in [6, 6.07) is 7.72. The molecular formula is C23H30N2O3. The minimum absolute atomic E-state index is 0.00190. The summed E-state index contributed by atoms with van der Waals surface area (Å²) in [7, 11) is 0. The Hall–Kier alpha value is -2.30. The van der Waals surface area contributed by atoms with Gasteiger partial charge in [0, 0.05) is 11.6 Å². The number of carbonyl (C=O) groups is 1. The van der Waals surface area contributed by atoms with Crippen molar-refractivity contribution in [2.45, 2.75) is 71.4 Å². The number of aryl methyl sites for hydroxylation is 2. The summed E-state index contributed by atoms with van der Waals surface area (Å²) in [5, 5.41) is 7.21. The number of hydrogen-bond donors (Lipinski definition) is 1. The van der Waals surface area contributed by atoms with Crippen molar-refractivity contribution < 1.29 is 14.1 Å². The van der Waals surface area contributed by atoms with Crippen LogP contribution in [0, 0.1) is 25.7 Å². The van der Waals surface area contributed by atoms with Crippen LogP contribution in [0.1, 0.15) is 72.3 Å². The van der Waals surface area contributed by atoms with Gasteiger partial charge in [0.05, 0.1) is 11.3 Å². The molecule has 5 heteroatoms. The third-order valence-corrected chi connectivity index (χ3v) is 6.54. The molecule has 0 radical (unpaired) electrons. The van der Waals surface area contributed by atoms with E-state index in [4.69, 9.17) is 9.26 Å². The van der Waals surface area contributed by atoms with E-state index in [1.165, 1.54) is 32.1 Å². The molecule has 1 aromatic heterocycles. The quantitative estimate of drug-likeness (QED) is 0.794. The van der Waals surface area contributed by atoms with Crippen LogP contribution in [0.4, 0.5) is 0 Å². The van der Waals surface area contributed by atoms with Crippen LogP contribution < -0.4 is 10.1 Å². The lowest BCUT2D eigenvalue weighted by atomic mass is 9.69. The average Bonchev–Trinajstić information content (AvgIpc) is 3.04. The highest BCUT2D eigenvalue weighted by atomic mass is 16.5. The van der Waals surface area contributed by atoms with E-state index in [9.17, 15) is 4.79 Å². The molecule has 1 amide bonds. The van der Waals surface area contributed by atoms with Crippen molar-refractivity contribution >= 4 is 5.91 Å². The lowest BCUT2D eigenvalue weighted by Crippen LogP contribution is -2.41. The Bertz CT molecular complexity index is 810. The Balaban J connectivity index is 1.35. The zero-order valence-electron chi connectivity index (χ0n) is 16.9. The zero-order valence-corrected chi connectivity index (χ0v) is 16.9. The number of hydrogen-bond acceptors (Lipinski definition) is 4. The standard InChI is InChI=1S/C23H30N2O3/c1-15-22(16(2)28-25-15)14-27-21-9-5-8-19(13-21)23(26)24-20-11-10-17-6-3-4-7-18(17)12-20/h5,8-9,13,17-18,20H,3-4,6-7,10-12,14H2,1-2H3,(H,24,26)/t17-,18+,20+/m0/s1. The fraction of sp³-hybridized carbons (Fsp3) is 0.565. The average molecular weight is 383 g/mol. The Labute approximate surface area is 166 Å². The molecule has 0 unspecified atom stereocenters. The first kappa shape index (κ1) is 19.0. The number of carbonyl (C=O) groups excluding carboxylic acids is 1. The summed E-state index contributed by atoms with van der Waals surface area (Å²) in [6.07, 6.45) is 8.97. The SMILES string of the molecule is Cc1noc(C)c1COc1cccc(C(=O)N[C@@H]2CC[C@@H]3CCCC[C@@H]3C2)c1. The molecule has 0 bridgehead atoms. The summed E-state index contributed by atoms with van der Waals surface area (Å²) in [6.45, 7) is 4.17. The first-order valence-corrected chi connectivity index (χ1v) is 10.6. The molecule has 2 aromatic rings. The van der Waals surface area contributed by atoms with Gasteiger partial charge in [0.25, 0.3) is 5.91 Å². The Morgan fingerprint density at radius 3 is 2.79 bits per heavy atom. The minimum Gasteiger partial charge on any atom is -0.489 e. The fourth-order valence-electron chi connectivity index (χ4n) is 4.86. The van der Waals surface area contributed by atoms with Gasteiger partial charge >= 0.3 is 0 Å². The number of aromatic nitrogens is 1. The van der Waals surface area contributed by atoms with Crippen LogP contribution in [0.2, 0.25) is 0 Å². The smallest absolute Gasteiger partial charge is 0.251 e. The molecule has 150 valence electrons. The zero-order chi connectivity index (χ0) is 19.5. The Morgan fingerprint density at radius 1 is 1.18 bits per heavy atom. The van der Waals surface area contributed by atoms with Gasteiger partial charge in [-0.05, 0) is 63.1 Å². The summed E-state index contributed by atoms with van der Waals surface area (Å²) in [5.41, 5.74) is 2.45. The normalized spacial score (nSPS) is 24.4. The van der Waals surface area contributed by atoms with Crippen molar-refractivity contribution in [2.75, 3.05) is 0 Å². The Morgan fingerprint density at radius 2 is 2.00 bits per heavy atom. The fourth-order valence-corrected chi connectivity index (χ4v) is 4.86. The monoisotopic (exact) mass is 382 g/mol. The number of nitrogens with zero attached hydrogens (tertiary/aromatic N) is 1. The van der Waals surface area contributed by atoms with E-state index in [0.29, 0.717) is 24.0 Å². The molecule has 4 rings (SSSR count). The van der Waals surface area contributed by atoms with Crippen LogP contribution in [-0.4, -0.2) is 17.1 Å². The molecule has 5 nitrogen and oxygen atoms in total. The van der Waals surface area contributed by atoms with Crippen molar-refractivity contribution in [1.82, 2.24) is 10.5 Å². The van der Waals surface area contributed by atoms with E-state index in [2.05, 4.69) is 10.5 Å². The van der Waals surface area contributed by atoms with Crippen LogP contribution in [0.5, 0.6) is 5.75 Å². The van der Waals surface area contributed by atoms with Crippen LogP contribution in [-0.2, 0) is 6.61 Å². The van der Waals surface area contributed by atoms with Crippen molar-refractivity contribution in [3.05, 3.63) is 46.8 Å². The maximum absolute atomic E-state index is 12.8. The summed E-state index contributed by atoms with van der Waals surface area (Å²) >= 11 is 0. The number of fused-ring (bicyclic) bond motifs is 1. The van der Waals surface area contributed by atoms with Gasteiger partial charge in [-0.25, -0.2) is 0 Å². The van der Waals surface area contributed by atoms with Gasteiger partial charge in [-0.2, -0.15) is 0 Å². The van der Waals surface area contributed by atoms with E-state index in [1.807, 2.05) is 38.1 Å². The molecule has 2 aliphatic carbocycles. The van der Waals surface area contributed by atoms with Crippen molar-refractivity contribution in [2.24, 2.45) is 11.8 Å². The third kappa shape index (κ3) is 4.23. The van der Waals surface area contributed by atoms with E-state index in [1.54, 1.807) is 0 Å². The van der Waals surface area contributed by atoms with Crippen molar-refractivity contribution in [3.63, 3.8) is 0 Å². The molecule has 3 atom stereocenters. The Kier molecular flexibility index (Phi) is 5.69. The predicted molar refractivity (Wildman–Crippen MR) is 107 cm³/mol. The van der Waals surface area contributed by atoms with Crippen LogP contribution in [0.25, 0.3) is 0 Å². The van der Waals surface area contributed by atoms with Crippen LogP contribution in [0.15, 0.2) is 28.8 Å². The lowest BCUT2D eigenvalue weighted by Gasteiger charge is -2.39. The number of ether oxygens (including phenoxy) is 1. The first-order chi connectivity index (χ1) is 13.6. The van der Waals surface area contributed by atoms with Crippen LogP contribution >= 0.6 is 0 Å². The molecule has 0 spiro atoms. The number of rotatable bonds is 5. The maximum atomic E-state index is 12.8. The number of nitrogens with one attached hydrogen (secondary N) is 1. The second-order valence-corrected chi connectivity index (χ2v) is 8.41. The summed E-state index contributed by atoms with van der Waals surface area (Å²) < 4.78 is 11.1. The predicted octanol–water partition coefficient (Wildman–Crippen LogP) is 4.96. The summed E-state index contributed by atoms with van der Waals surface area (Å²) in [4.78, 5) is 12.8. The van der Waals surface area contributed by atoms with Gasteiger partial charge in [0.1, 0.15) is 18.1 Å². The topological polar surface area (TPSA) is 64.4 Å². The van der Waals surface area contributed by atoms with E-state index in [0.717, 1.165) is 41.7 Å². The van der Waals surface area contributed by atoms with Crippen molar-refractivity contribution in [3.8, 4) is 5.75 Å². The molecular weight excluding hydrogens is 352 g/mol. The minimum atomic E-state index is 0.00190. The van der Waals surface area contributed by atoms with Gasteiger partial charge in [-0.15, -0.1) is 0 Å². The molecule has 2 aliphatic rings. The third-order valence-electron chi connectivity index (χ3n) is 6.54. The van der Waals surface area contributed by atoms with Gasteiger partial charge in [0.15, 0.2) is 0 Å². The van der Waals surface area contributed by atoms with Crippen molar-refractivity contribution in [1.29, 1.82) is 0 Å². The summed E-state index contributed by atoms with van der Waals surface area (Å²) in [5.74, 6) is 3.15. The first-order valence-electron chi connectivity index (χ1n) is 10.6. The molecule has 1 N–H and O–H groups in total. The largest absolute Gasteiger partial charge is 0.489 e. The van der Waals surface area contributed by atoms with E-state index >= 15 is 0 Å². The molecule has 1 aromatic carbocycles. The van der Waals surface area contributed by atoms with E-state index in [-0.39, 0.29) is 5.91 Å². The second kappa shape index (κ2) is 8.38. The number of benzene rings is 1. The highest BCUT2D eigenvalue weighted by molar-refractivity contribution is 5.94. The van der Waals surface area contributed by atoms with Gasteiger partial charge in [-0.3, -0.25) is 4.79 Å². The number of amides is 1. The van der Waals surface area contributed by atoms with Gasteiger partial charge in [-0.1, -0.05) is 36.9 Å². The highest BCUT2D eigenvalue weighted by Gasteiger charge is 2.32. The maximum Gasteiger partial charge on any atom is 0.251 e. The molecule has 0 aliphatic heterocycles. The highest BCUT2D eigenvalue weighted by Crippen LogP contribution is 2.40. The van der Waals surface area contributed by atoms with E-state index < -0.39 is 0 Å². The molecule has 28 heavy (non-hydrogen) atoms. The molecule has 2 fully saturated rings. The molecule has 1 heterocycles. The second-order valence-electron chi connectivity index (χ2n) is 8.41. The van der Waals surface area contributed by atoms with Gasteiger partial charge in [0.2, 0.25) is 0 Å². The molecule has 2 saturated carbocycles. The molecule has 0 saturated heterocycles. The van der Waals surface area contributed by atoms with Crippen LogP contribution in [0.3, 0.4) is 0 Å².